The predicted molar refractivity (Wildman–Crippen MR) is 53.8 cm³/mol. The Kier molecular flexibility index (Phi) is 2.33. The van der Waals surface area contributed by atoms with Crippen LogP contribution in [-0.4, -0.2) is 15.1 Å². The molecule has 2 aromatic rings. The van der Waals surface area contributed by atoms with Gasteiger partial charge in [-0.25, -0.2) is 14.4 Å². The number of halogens is 1. The molecule has 0 saturated carbocycles. The Balaban J connectivity index is 2.50. The van der Waals surface area contributed by atoms with Crippen LogP contribution in [0.2, 0.25) is 0 Å². The lowest BCUT2D eigenvalue weighted by molar-refractivity contribution is 0.432. The van der Waals surface area contributed by atoms with Gasteiger partial charge in [0.05, 0.1) is 5.69 Å². The topological polar surface area (TPSA) is 46.0 Å². The van der Waals surface area contributed by atoms with Crippen LogP contribution in [0.1, 0.15) is 5.82 Å². The maximum atomic E-state index is 13.1. The third kappa shape index (κ3) is 1.93. The minimum Gasteiger partial charge on any atom is -0.505 e. The molecule has 0 spiro atoms. The number of phenols is 1. The number of phenolic OH excluding ortho intramolecular Hbond substituents is 1. The van der Waals surface area contributed by atoms with Gasteiger partial charge in [-0.2, -0.15) is 0 Å². The number of nitrogens with zero attached hydrogens (tertiary/aromatic N) is 2. The van der Waals surface area contributed by atoms with E-state index in [1.54, 1.807) is 25.3 Å². The molecular weight excluding hydrogens is 195 g/mol. The van der Waals surface area contributed by atoms with Crippen molar-refractivity contribution in [1.29, 1.82) is 0 Å². The van der Waals surface area contributed by atoms with Gasteiger partial charge in [0, 0.05) is 11.8 Å². The molecule has 0 atom stereocenters. The fourth-order valence-electron chi connectivity index (χ4n) is 1.28. The smallest absolute Gasteiger partial charge is 0.165 e. The molecule has 0 aliphatic heterocycles. The summed E-state index contributed by atoms with van der Waals surface area (Å²) in [5.74, 6) is -0.380. The Morgan fingerprint density at radius 2 is 2.07 bits per heavy atom. The average molecular weight is 204 g/mol. The van der Waals surface area contributed by atoms with Crippen molar-refractivity contribution in [2.45, 2.75) is 6.92 Å². The quantitative estimate of drug-likeness (QED) is 0.775. The summed E-state index contributed by atoms with van der Waals surface area (Å²) in [6, 6.07) is 5.86. The highest BCUT2D eigenvalue weighted by atomic mass is 19.1. The first-order chi connectivity index (χ1) is 7.16. The first-order valence-corrected chi connectivity index (χ1v) is 4.45. The standard InChI is InChI=1S/C11H9FN2O/c1-7-13-5-4-10(14-7)8-2-3-11(15)9(12)6-8/h2-6,15H,1H3. The number of aromatic hydroxyl groups is 1. The minimum atomic E-state index is -0.649. The van der Waals surface area contributed by atoms with Crippen molar-refractivity contribution >= 4 is 0 Å². The zero-order valence-electron chi connectivity index (χ0n) is 8.11. The molecule has 0 radical (unpaired) electrons. The highest BCUT2D eigenvalue weighted by molar-refractivity contribution is 5.59. The van der Waals surface area contributed by atoms with Gasteiger partial charge in [-0.05, 0) is 31.2 Å². The lowest BCUT2D eigenvalue weighted by Gasteiger charge is -2.02. The maximum absolute atomic E-state index is 13.1. The van der Waals surface area contributed by atoms with Crippen LogP contribution >= 0.6 is 0 Å². The molecular formula is C11H9FN2O. The number of hydrogen-bond acceptors (Lipinski definition) is 3. The van der Waals surface area contributed by atoms with Gasteiger partial charge in [-0.3, -0.25) is 0 Å². The minimum absolute atomic E-state index is 0.357. The molecule has 0 bridgehead atoms. The van der Waals surface area contributed by atoms with Crippen LogP contribution in [0.15, 0.2) is 30.5 Å². The molecule has 1 aromatic heterocycles. The molecule has 1 aromatic carbocycles. The molecule has 1 heterocycles. The summed E-state index contributed by atoms with van der Waals surface area (Å²) in [7, 11) is 0. The molecule has 0 aliphatic rings. The number of aryl methyl sites for hydroxylation is 1. The first kappa shape index (κ1) is 9.58. The first-order valence-electron chi connectivity index (χ1n) is 4.45. The van der Waals surface area contributed by atoms with Crippen LogP contribution in [0.5, 0.6) is 5.75 Å². The summed E-state index contributed by atoms with van der Waals surface area (Å²) in [6.45, 7) is 1.76. The van der Waals surface area contributed by atoms with Crippen LogP contribution in [0.4, 0.5) is 4.39 Å². The van der Waals surface area contributed by atoms with Crippen LogP contribution in [0, 0.1) is 12.7 Å². The Bertz CT molecular complexity index is 500. The van der Waals surface area contributed by atoms with Crippen LogP contribution < -0.4 is 0 Å². The third-order valence-corrected chi connectivity index (χ3v) is 2.02. The second-order valence-corrected chi connectivity index (χ2v) is 3.16. The SMILES string of the molecule is Cc1nccc(-c2ccc(O)c(F)c2)n1. The van der Waals surface area contributed by atoms with Crippen LogP contribution in [0.3, 0.4) is 0 Å². The maximum Gasteiger partial charge on any atom is 0.165 e. The molecule has 1 N–H and O–H groups in total. The van der Waals surface area contributed by atoms with Gasteiger partial charge in [0.15, 0.2) is 11.6 Å². The van der Waals surface area contributed by atoms with Crippen molar-refractivity contribution in [3.8, 4) is 17.0 Å². The van der Waals surface area contributed by atoms with E-state index in [0.717, 1.165) is 0 Å². The highest BCUT2D eigenvalue weighted by Gasteiger charge is 2.04. The van der Waals surface area contributed by atoms with Gasteiger partial charge in [-0.1, -0.05) is 0 Å². The molecule has 0 aliphatic carbocycles. The summed E-state index contributed by atoms with van der Waals surface area (Å²) in [5, 5.41) is 9.04. The molecule has 0 fully saturated rings. The Morgan fingerprint density at radius 1 is 1.27 bits per heavy atom. The molecule has 0 saturated heterocycles. The molecule has 0 unspecified atom stereocenters. The van der Waals surface area contributed by atoms with Crippen LogP contribution in [0.25, 0.3) is 11.3 Å². The van der Waals surface area contributed by atoms with Crippen molar-refractivity contribution in [2.24, 2.45) is 0 Å². The molecule has 2 rings (SSSR count). The Hall–Kier alpha value is -1.97. The van der Waals surface area contributed by atoms with Crippen molar-refractivity contribution in [1.82, 2.24) is 9.97 Å². The summed E-state index contributed by atoms with van der Waals surface area (Å²) in [4.78, 5) is 8.11. The van der Waals surface area contributed by atoms with Gasteiger partial charge in [0.2, 0.25) is 0 Å². The van der Waals surface area contributed by atoms with Crippen molar-refractivity contribution < 1.29 is 9.50 Å². The number of rotatable bonds is 1. The normalized spacial score (nSPS) is 10.3. The number of benzene rings is 1. The van der Waals surface area contributed by atoms with E-state index in [2.05, 4.69) is 9.97 Å². The predicted octanol–water partition coefficient (Wildman–Crippen LogP) is 2.30. The second-order valence-electron chi connectivity index (χ2n) is 3.16. The van der Waals surface area contributed by atoms with E-state index in [1.807, 2.05) is 0 Å². The summed E-state index contributed by atoms with van der Waals surface area (Å²) in [5.41, 5.74) is 1.26. The van der Waals surface area contributed by atoms with E-state index in [-0.39, 0.29) is 5.75 Å². The van der Waals surface area contributed by atoms with Gasteiger partial charge >= 0.3 is 0 Å². The monoisotopic (exact) mass is 204 g/mol. The zero-order valence-corrected chi connectivity index (χ0v) is 8.11. The van der Waals surface area contributed by atoms with E-state index in [4.69, 9.17) is 5.11 Å². The zero-order chi connectivity index (χ0) is 10.8. The van der Waals surface area contributed by atoms with Gasteiger partial charge < -0.3 is 5.11 Å². The lowest BCUT2D eigenvalue weighted by atomic mass is 10.1. The molecule has 76 valence electrons. The number of hydrogen-bond donors (Lipinski definition) is 1. The lowest BCUT2D eigenvalue weighted by Crippen LogP contribution is -1.90. The second kappa shape index (κ2) is 3.65. The van der Waals surface area contributed by atoms with E-state index in [1.165, 1.54) is 12.1 Å². The van der Waals surface area contributed by atoms with E-state index < -0.39 is 5.82 Å². The summed E-state index contributed by atoms with van der Waals surface area (Å²) >= 11 is 0. The fraction of sp³-hybridized carbons (Fsp3) is 0.0909. The molecule has 15 heavy (non-hydrogen) atoms. The number of aromatic nitrogens is 2. The van der Waals surface area contributed by atoms with E-state index in [9.17, 15) is 4.39 Å². The Morgan fingerprint density at radius 3 is 2.73 bits per heavy atom. The Labute approximate surface area is 86.3 Å². The van der Waals surface area contributed by atoms with Gasteiger partial charge in [0.25, 0.3) is 0 Å². The molecule has 3 nitrogen and oxygen atoms in total. The van der Waals surface area contributed by atoms with Crippen LogP contribution in [-0.2, 0) is 0 Å². The van der Waals surface area contributed by atoms with Crippen molar-refractivity contribution in [2.75, 3.05) is 0 Å². The van der Waals surface area contributed by atoms with E-state index in [0.29, 0.717) is 17.1 Å². The third-order valence-electron chi connectivity index (χ3n) is 2.02. The fourth-order valence-corrected chi connectivity index (χ4v) is 1.28. The summed E-state index contributed by atoms with van der Waals surface area (Å²) < 4.78 is 13.1. The average Bonchev–Trinajstić information content (AvgIpc) is 2.22. The summed E-state index contributed by atoms with van der Waals surface area (Å²) in [6.07, 6.45) is 1.61. The largest absolute Gasteiger partial charge is 0.505 e. The molecule has 0 amide bonds. The highest BCUT2D eigenvalue weighted by Crippen LogP contribution is 2.22. The van der Waals surface area contributed by atoms with Crippen molar-refractivity contribution in [3.63, 3.8) is 0 Å². The van der Waals surface area contributed by atoms with Gasteiger partial charge in [0.1, 0.15) is 5.82 Å². The molecule has 4 heteroatoms. The van der Waals surface area contributed by atoms with Gasteiger partial charge in [-0.15, -0.1) is 0 Å². The van der Waals surface area contributed by atoms with Crippen molar-refractivity contribution in [3.05, 3.63) is 42.1 Å². The van der Waals surface area contributed by atoms with E-state index >= 15 is 0 Å².